The first-order chi connectivity index (χ1) is 10.4. The van der Waals surface area contributed by atoms with E-state index in [0.717, 1.165) is 0 Å². The molecule has 6 heteroatoms. The molecule has 22 heavy (non-hydrogen) atoms. The molecule has 1 aromatic heterocycles. The lowest BCUT2D eigenvalue weighted by Gasteiger charge is -2.39. The van der Waals surface area contributed by atoms with Gasteiger partial charge in [-0.05, 0) is 26.8 Å². The molecule has 0 aliphatic carbocycles. The molecule has 6 nitrogen and oxygen atoms in total. The smallest absolute Gasteiger partial charge is 0.407 e. The number of nitrogens with zero attached hydrogens (tertiary/aromatic N) is 2. The fourth-order valence-corrected chi connectivity index (χ4v) is 2.67. The Kier molecular flexibility index (Phi) is 5.11. The van der Waals surface area contributed by atoms with Crippen molar-refractivity contribution >= 4 is 6.09 Å². The van der Waals surface area contributed by atoms with Gasteiger partial charge in [-0.1, -0.05) is 6.92 Å². The molecule has 3 atom stereocenters. The molecular weight excluding hydrogens is 284 g/mol. The Bertz CT molecular complexity index is 503. The maximum atomic E-state index is 11.2. The molecular formula is C16H24N2O4. The number of hydrogen-bond acceptors (Lipinski definition) is 4. The number of pyridine rings is 1. The van der Waals surface area contributed by atoms with E-state index in [0.29, 0.717) is 24.6 Å². The zero-order chi connectivity index (χ0) is 16.3. The van der Waals surface area contributed by atoms with Crippen LogP contribution < -0.4 is 9.47 Å². The second-order valence-corrected chi connectivity index (χ2v) is 6.15. The van der Waals surface area contributed by atoms with Crippen LogP contribution in [0.15, 0.2) is 18.3 Å². The van der Waals surface area contributed by atoms with E-state index in [9.17, 15) is 4.79 Å². The summed E-state index contributed by atoms with van der Waals surface area (Å²) in [6.07, 6.45) is 1.52. The summed E-state index contributed by atoms with van der Waals surface area (Å²) in [7, 11) is 0. The zero-order valence-corrected chi connectivity index (χ0v) is 13.5. The van der Waals surface area contributed by atoms with Crippen LogP contribution in [-0.2, 0) is 0 Å². The summed E-state index contributed by atoms with van der Waals surface area (Å²) >= 11 is 0. The highest BCUT2D eigenvalue weighted by Crippen LogP contribution is 2.26. The molecule has 0 bridgehead atoms. The molecule has 1 aliphatic heterocycles. The van der Waals surface area contributed by atoms with Crippen LogP contribution in [0.25, 0.3) is 0 Å². The fourth-order valence-electron chi connectivity index (χ4n) is 2.67. The highest BCUT2D eigenvalue weighted by Gasteiger charge is 2.35. The first kappa shape index (κ1) is 16.4. The van der Waals surface area contributed by atoms with Gasteiger partial charge in [0.05, 0.1) is 12.3 Å². The molecule has 1 fully saturated rings. The second kappa shape index (κ2) is 6.85. The van der Waals surface area contributed by atoms with E-state index in [1.165, 1.54) is 4.90 Å². The number of hydrogen-bond donors (Lipinski definition) is 1. The number of ether oxygens (including phenoxy) is 2. The van der Waals surface area contributed by atoms with E-state index in [1.54, 1.807) is 12.3 Å². The maximum absolute atomic E-state index is 11.2. The van der Waals surface area contributed by atoms with Crippen molar-refractivity contribution in [1.82, 2.24) is 9.88 Å². The molecule has 1 saturated heterocycles. The van der Waals surface area contributed by atoms with Crippen molar-refractivity contribution in [2.75, 3.05) is 6.54 Å². The predicted octanol–water partition coefficient (Wildman–Crippen LogP) is 3.02. The molecule has 1 aliphatic rings. The first-order valence-corrected chi connectivity index (χ1v) is 7.65. The Labute approximate surface area is 131 Å². The highest BCUT2D eigenvalue weighted by atomic mass is 16.5. The topological polar surface area (TPSA) is 71.9 Å². The van der Waals surface area contributed by atoms with E-state index in [-0.39, 0.29) is 24.2 Å². The summed E-state index contributed by atoms with van der Waals surface area (Å²) < 4.78 is 11.5. The fraction of sp³-hybridized carbons (Fsp3) is 0.625. The van der Waals surface area contributed by atoms with Gasteiger partial charge in [0.15, 0.2) is 0 Å². The summed E-state index contributed by atoms with van der Waals surface area (Å²) in [4.78, 5) is 16.9. The average molecular weight is 308 g/mol. The molecule has 0 saturated carbocycles. The van der Waals surface area contributed by atoms with E-state index >= 15 is 0 Å². The van der Waals surface area contributed by atoms with Crippen LogP contribution in [0.2, 0.25) is 0 Å². The van der Waals surface area contributed by atoms with Crippen LogP contribution in [0.4, 0.5) is 4.79 Å². The molecule has 122 valence electrons. The van der Waals surface area contributed by atoms with Gasteiger partial charge in [-0.3, -0.25) is 0 Å². The molecule has 0 spiro atoms. The maximum Gasteiger partial charge on any atom is 0.407 e. The van der Waals surface area contributed by atoms with Crippen LogP contribution in [0.1, 0.15) is 34.1 Å². The first-order valence-electron chi connectivity index (χ1n) is 7.65. The third kappa shape index (κ3) is 4.02. The quantitative estimate of drug-likeness (QED) is 0.925. The van der Waals surface area contributed by atoms with Gasteiger partial charge in [-0.15, -0.1) is 0 Å². The van der Waals surface area contributed by atoms with Gasteiger partial charge in [-0.2, -0.15) is 0 Å². The second-order valence-electron chi connectivity index (χ2n) is 6.15. The van der Waals surface area contributed by atoms with E-state index in [1.807, 2.05) is 33.8 Å². The number of carbonyl (C=O) groups is 1. The largest absolute Gasteiger partial charge is 0.489 e. The van der Waals surface area contributed by atoms with Crippen molar-refractivity contribution in [1.29, 1.82) is 0 Å². The van der Waals surface area contributed by atoms with Gasteiger partial charge in [-0.25, -0.2) is 9.78 Å². The average Bonchev–Trinajstić information content (AvgIpc) is 2.43. The summed E-state index contributed by atoms with van der Waals surface area (Å²) in [5.74, 6) is 1.38. The van der Waals surface area contributed by atoms with Crippen LogP contribution in [0.3, 0.4) is 0 Å². The minimum atomic E-state index is -0.869. The number of aromatic nitrogens is 1. The van der Waals surface area contributed by atoms with E-state index in [2.05, 4.69) is 4.98 Å². The molecule has 2 heterocycles. The normalized spacial score (nSPS) is 25.1. The Morgan fingerprint density at radius 2 is 2.14 bits per heavy atom. The third-order valence-electron chi connectivity index (χ3n) is 3.82. The number of piperidine rings is 1. The standard InChI is InChI=1S/C16H24N2O4/c1-10(2)21-13-5-6-15(17-8-13)22-14-7-12(4)18(16(19)20)9-11(14)3/h5-6,8,10-12,14H,7,9H2,1-4H3,(H,19,20)/t11-,12-,14?/m0/s1. The van der Waals surface area contributed by atoms with Gasteiger partial charge in [0.25, 0.3) is 0 Å². The Balaban J connectivity index is 1.97. The number of rotatable bonds is 4. The van der Waals surface area contributed by atoms with Crippen molar-refractivity contribution in [2.24, 2.45) is 5.92 Å². The van der Waals surface area contributed by atoms with Crippen molar-refractivity contribution in [2.45, 2.75) is 52.4 Å². The summed E-state index contributed by atoms with van der Waals surface area (Å²) in [6.45, 7) is 8.31. The Morgan fingerprint density at radius 3 is 2.68 bits per heavy atom. The minimum Gasteiger partial charge on any atom is -0.489 e. The summed E-state index contributed by atoms with van der Waals surface area (Å²) in [6, 6.07) is 3.57. The van der Waals surface area contributed by atoms with Crippen LogP contribution in [0, 0.1) is 5.92 Å². The lowest BCUT2D eigenvalue weighted by molar-refractivity contribution is 0.0227. The van der Waals surface area contributed by atoms with Crippen LogP contribution in [0.5, 0.6) is 11.6 Å². The van der Waals surface area contributed by atoms with E-state index < -0.39 is 6.09 Å². The molecule has 0 radical (unpaired) electrons. The number of amides is 1. The molecule has 1 aromatic rings. The molecule has 2 rings (SSSR count). The summed E-state index contributed by atoms with van der Waals surface area (Å²) in [5, 5.41) is 9.16. The van der Waals surface area contributed by atoms with Crippen molar-refractivity contribution in [3.05, 3.63) is 18.3 Å². The van der Waals surface area contributed by atoms with Crippen LogP contribution in [-0.4, -0.2) is 45.9 Å². The number of carboxylic acid groups (broad SMARTS) is 1. The van der Waals surface area contributed by atoms with Gasteiger partial charge < -0.3 is 19.5 Å². The third-order valence-corrected chi connectivity index (χ3v) is 3.82. The van der Waals surface area contributed by atoms with E-state index in [4.69, 9.17) is 14.6 Å². The van der Waals surface area contributed by atoms with Gasteiger partial charge >= 0.3 is 6.09 Å². The predicted molar refractivity (Wildman–Crippen MR) is 82.4 cm³/mol. The lowest BCUT2D eigenvalue weighted by Crippen LogP contribution is -2.51. The Hall–Kier alpha value is -1.98. The number of likely N-dealkylation sites (tertiary alicyclic amines) is 1. The molecule has 1 N–H and O–H groups in total. The van der Waals surface area contributed by atoms with Crippen molar-refractivity contribution < 1.29 is 19.4 Å². The van der Waals surface area contributed by atoms with Crippen molar-refractivity contribution in [3.8, 4) is 11.6 Å². The van der Waals surface area contributed by atoms with Crippen molar-refractivity contribution in [3.63, 3.8) is 0 Å². The zero-order valence-electron chi connectivity index (χ0n) is 13.5. The molecule has 0 aromatic carbocycles. The SMILES string of the molecule is CC(C)Oc1ccc(OC2C[C@H](C)N(C(=O)O)C[C@@H]2C)nc1. The summed E-state index contributed by atoms with van der Waals surface area (Å²) in [5.41, 5.74) is 0. The van der Waals surface area contributed by atoms with Crippen LogP contribution >= 0.6 is 0 Å². The van der Waals surface area contributed by atoms with Gasteiger partial charge in [0.2, 0.25) is 5.88 Å². The minimum absolute atomic E-state index is 0.0324. The highest BCUT2D eigenvalue weighted by molar-refractivity contribution is 5.65. The Morgan fingerprint density at radius 1 is 1.41 bits per heavy atom. The monoisotopic (exact) mass is 308 g/mol. The molecule has 1 unspecified atom stereocenters. The lowest BCUT2D eigenvalue weighted by atomic mass is 9.92. The molecule has 1 amide bonds. The van der Waals surface area contributed by atoms with Gasteiger partial charge in [0.1, 0.15) is 11.9 Å². The van der Waals surface area contributed by atoms with Gasteiger partial charge in [0, 0.05) is 31.0 Å².